The summed E-state index contributed by atoms with van der Waals surface area (Å²) in [6, 6.07) is 12.0. The first-order valence-electron chi connectivity index (χ1n) is 6.98. The number of anilines is 2. The first kappa shape index (κ1) is 16.8. The highest BCUT2D eigenvalue weighted by molar-refractivity contribution is 6.31. The number of amides is 1. The van der Waals surface area contributed by atoms with E-state index in [1.165, 1.54) is 14.0 Å². The lowest BCUT2D eigenvalue weighted by Gasteiger charge is -2.12. The summed E-state index contributed by atoms with van der Waals surface area (Å²) in [4.78, 5) is 23.6. The number of halogens is 1. The van der Waals surface area contributed by atoms with Crippen LogP contribution in [0, 0.1) is 0 Å². The van der Waals surface area contributed by atoms with Crippen LogP contribution in [0.25, 0.3) is 0 Å². The van der Waals surface area contributed by atoms with Gasteiger partial charge in [-0.15, -0.1) is 0 Å². The number of Topliss-reactive ketones (excluding diaryl/α,β-unsaturated/α-hetero) is 1. The maximum Gasteiger partial charge on any atom is 0.243 e. The van der Waals surface area contributed by atoms with Gasteiger partial charge in [0.2, 0.25) is 5.91 Å². The Bertz CT molecular complexity index is 732. The van der Waals surface area contributed by atoms with Gasteiger partial charge in [0.25, 0.3) is 0 Å². The Labute approximate surface area is 139 Å². The minimum Gasteiger partial charge on any atom is -0.495 e. The SMILES string of the molecule is COc1ccc(Cl)cc1NC(=O)CNc1ccccc1C(C)=O. The average Bonchev–Trinajstić information content (AvgIpc) is 2.53. The number of ketones is 1. The van der Waals surface area contributed by atoms with Gasteiger partial charge in [0.05, 0.1) is 19.3 Å². The number of para-hydroxylation sites is 1. The van der Waals surface area contributed by atoms with Crippen LogP contribution in [0.2, 0.25) is 5.02 Å². The van der Waals surface area contributed by atoms with Gasteiger partial charge in [-0.3, -0.25) is 9.59 Å². The molecule has 0 fully saturated rings. The number of methoxy groups -OCH3 is 1. The monoisotopic (exact) mass is 332 g/mol. The second-order valence-electron chi connectivity index (χ2n) is 4.85. The van der Waals surface area contributed by atoms with E-state index in [0.717, 1.165) is 0 Å². The summed E-state index contributed by atoms with van der Waals surface area (Å²) in [5.74, 6) is 0.181. The number of ether oxygens (including phenoxy) is 1. The molecule has 0 atom stereocenters. The molecule has 2 N–H and O–H groups in total. The Balaban J connectivity index is 2.04. The molecule has 120 valence electrons. The molecule has 6 heteroatoms. The molecule has 0 bridgehead atoms. The zero-order valence-corrected chi connectivity index (χ0v) is 13.6. The molecule has 23 heavy (non-hydrogen) atoms. The number of rotatable bonds is 6. The lowest BCUT2D eigenvalue weighted by atomic mass is 10.1. The molecule has 0 spiro atoms. The molecule has 0 aliphatic rings. The van der Waals surface area contributed by atoms with E-state index in [2.05, 4.69) is 10.6 Å². The standard InChI is InChI=1S/C17H17ClN2O3/c1-11(21)13-5-3-4-6-14(13)19-10-17(22)20-15-9-12(18)7-8-16(15)23-2/h3-9,19H,10H2,1-2H3,(H,20,22). The third kappa shape index (κ3) is 4.47. The van der Waals surface area contributed by atoms with Gasteiger partial charge in [-0.2, -0.15) is 0 Å². The quantitative estimate of drug-likeness (QED) is 0.793. The summed E-state index contributed by atoms with van der Waals surface area (Å²) in [6.45, 7) is 1.50. The second kappa shape index (κ2) is 7.65. The highest BCUT2D eigenvalue weighted by atomic mass is 35.5. The Morgan fingerprint density at radius 1 is 1.13 bits per heavy atom. The van der Waals surface area contributed by atoms with E-state index in [4.69, 9.17) is 16.3 Å². The van der Waals surface area contributed by atoms with E-state index < -0.39 is 0 Å². The summed E-state index contributed by atoms with van der Waals surface area (Å²) in [5, 5.41) is 6.18. The maximum absolute atomic E-state index is 12.1. The Hall–Kier alpha value is -2.53. The molecule has 0 aliphatic carbocycles. The molecule has 5 nitrogen and oxygen atoms in total. The second-order valence-corrected chi connectivity index (χ2v) is 5.28. The van der Waals surface area contributed by atoms with Crippen molar-refractivity contribution in [2.45, 2.75) is 6.92 Å². The molecule has 0 aromatic heterocycles. The van der Waals surface area contributed by atoms with Gasteiger partial charge in [-0.1, -0.05) is 23.7 Å². The zero-order valence-electron chi connectivity index (χ0n) is 12.9. The summed E-state index contributed by atoms with van der Waals surface area (Å²) >= 11 is 5.93. The molecule has 0 radical (unpaired) electrons. The van der Waals surface area contributed by atoms with Crippen molar-refractivity contribution >= 4 is 34.7 Å². The van der Waals surface area contributed by atoms with Crippen molar-refractivity contribution in [3.05, 3.63) is 53.1 Å². The molecule has 0 heterocycles. The Kier molecular flexibility index (Phi) is 5.60. The Morgan fingerprint density at radius 2 is 1.87 bits per heavy atom. The third-order valence-corrected chi connectivity index (χ3v) is 3.42. The topological polar surface area (TPSA) is 67.4 Å². The van der Waals surface area contributed by atoms with Crippen LogP contribution in [-0.2, 0) is 4.79 Å². The summed E-state index contributed by atoms with van der Waals surface area (Å²) in [6.07, 6.45) is 0. The largest absolute Gasteiger partial charge is 0.495 e. The first-order chi connectivity index (χ1) is 11.0. The van der Waals surface area contributed by atoms with Gasteiger partial charge in [0.1, 0.15) is 5.75 Å². The van der Waals surface area contributed by atoms with Gasteiger partial charge >= 0.3 is 0 Å². The number of carbonyl (C=O) groups is 2. The van der Waals surface area contributed by atoms with Crippen LogP contribution in [0.15, 0.2) is 42.5 Å². The Morgan fingerprint density at radius 3 is 2.57 bits per heavy atom. The number of hydrogen-bond donors (Lipinski definition) is 2. The molecule has 2 rings (SSSR count). The molecule has 0 aliphatic heterocycles. The third-order valence-electron chi connectivity index (χ3n) is 3.18. The van der Waals surface area contributed by atoms with Gasteiger partial charge in [0, 0.05) is 16.3 Å². The van der Waals surface area contributed by atoms with E-state index in [1.54, 1.807) is 42.5 Å². The van der Waals surface area contributed by atoms with Gasteiger partial charge < -0.3 is 15.4 Å². The van der Waals surface area contributed by atoms with Crippen molar-refractivity contribution in [2.24, 2.45) is 0 Å². The fourth-order valence-corrected chi connectivity index (χ4v) is 2.26. The van der Waals surface area contributed by atoms with E-state index >= 15 is 0 Å². The van der Waals surface area contributed by atoms with E-state index in [1.807, 2.05) is 0 Å². The van der Waals surface area contributed by atoms with Crippen molar-refractivity contribution in [1.82, 2.24) is 0 Å². The summed E-state index contributed by atoms with van der Waals surface area (Å²) in [5.41, 5.74) is 1.65. The molecular formula is C17H17ClN2O3. The number of nitrogens with one attached hydrogen (secondary N) is 2. The normalized spacial score (nSPS) is 10.0. The fourth-order valence-electron chi connectivity index (χ4n) is 2.09. The molecule has 2 aromatic rings. The van der Waals surface area contributed by atoms with Crippen LogP contribution >= 0.6 is 11.6 Å². The lowest BCUT2D eigenvalue weighted by molar-refractivity contribution is -0.114. The molecule has 0 saturated carbocycles. The molecular weight excluding hydrogens is 316 g/mol. The minimum atomic E-state index is -0.274. The van der Waals surface area contributed by atoms with Gasteiger partial charge in [0.15, 0.2) is 5.78 Å². The predicted molar refractivity (Wildman–Crippen MR) is 91.6 cm³/mol. The van der Waals surface area contributed by atoms with Gasteiger partial charge in [-0.05, 0) is 37.3 Å². The summed E-state index contributed by atoms with van der Waals surface area (Å²) in [7, 11) is 1.51. The molecule has 2 aromatic carbocycles. The van der Waals surface area contributed by atoms with E-state index in [-0.39, 0.29) is 18.2 Å². The predicted octanol–water partition coefficient (Wildman–Crippen LogP) is 3.60. The van der Waals surface area contributed by atoms with Crippen LogP contribution in [0.3, 0.4) is 0 Å². The molecule has 0 saturated heterocycles. The van der Waals surface area contributed by atoms with Crippen LogP contribution in [0.5, 0.6) is 5.75 Å². The first-order valence-corrected chi connectivity index (χ1v) is 7.36. The van der Waals surface area contributed by atoms with E-state index in [0.29, 0.717) is 27.7 Å². The fraction of sp³-hybridized carbons (Fsp3) is 0.176. The summed E-state index contributed by atoms with van der Waals surface area (Å²) < 4.78 is 5.18. The van der Waals surface area contributed by atoms with Crippen molar-refractivity contribution in [3.8, 4) is 5.75 Å². The molecule has 1 amide bonds. The maximum atomic E-state index is 12.1. The van der Waals surface area contributed by atoms with Crippen molar-refractivity contribution in [3.63, 3.8) is 0 Å². The van der Waals surface area contributed by atoms with E-state index in [9.17, 15) is 9.59 Å². The average molecular weight is 333 g/mol. The number of carbonyl (C=O) groups excluding carboxylic acids is 2. The highest BCUT2D eigenvalue weighted by Crippen LogP contribution is 2.27. The number of hydrogen-bond acceptors (Lipinski definition) is 4. The highest BCUT2D eigenvalue weighted by Gasteiger charge is 2.10. The lowest BCUT2D eigenvalue weighted by Crippen LogP contribution is -2.22. The van der Waals surface area contributed by atoms with Crippen molar-refractivity contribution < 1.29 is 14.3 Å². The van der Waals surface area contributed by atoms with Crippen molar-refractivity contribution in [2.75, 3.05) is 24.3 Å². The van der Waals surface area contributed by atoms with Crippen LogP contribution in [-0.4, -0.2) is 25.3 Å². The van der Waals surface area contributed by atoms with Crippen LogP contribution in [0.4, 0.5) is 11.4 Å². The zero-order chi connectivity index (χ0) is 16.8. The molecule has 0 unspecified atom stereocenters. The smallest absolute Gasteiger partial charge is 0.243 e. The minimum absolute atomic E-state index is 0.0139. The van der Waals surface area contributed by atoms with Gasteiger partial charge in [-0.25, -0.2) is 0 Å². The van der Waals surface area contributed by atoms with Crippen LogP contribution in [0.1, 0.15) is 17.3 Å². The number of benzene rings is 2. The van der Waals surface area contributed by atoms with Crippen LogP contribution < -0.4 is 15.4 Å². The van der Waals surface area contributed by atoms with Crippen molar-refractivity contribution in [1.29, 1.82) is 0 Å².